The zero-order valence-electron chi connectivity index (χ0n) is 12.4. The minimum absolute atomic E-state index is 0.158. The molecule has 0 aromatic heterocycles. The molecule has 124 valence electrons. The van der Waals surface area contributed by atoms with Gasteiger partial charge in [-0.1, -0.05) is 15.9 Å². The number of phenolic OH excluding ortho intramolecular Hbond substituents is 1. The summed E-state index contributed by atoms with van der Waals surface area (Å²) in [5, 5.41) is 9.20. The van der Waals surface area contributed by atoms with Crippen molar-refractivity contribution >= 4 is 27.5 Å². The van der Waals surface area contributed by atoms with Crippen molar-refractivity contribution in [2.75, 3.05) is 11.4 Å². The van der Waals surface area contributed by atoms with Gasteiger partial charge in [-0.3, -0.25) is 4.79 Å². The van der Waals surface area contributed by atoms with E-state index in [4.69, 9.17) is 4.74 Å². The molecule has 1 amide bonds. The lowest BCUT2D eigenvalue weighted by Gasteiger charge is -2.35. The quantitative estimate of drug-likeness (QED) is 0.793. The predicted molar refractivity (Wildman–Crippen MR) is 86.4 cm³/mol. The molecule has 1 spiro atoms. The van der Waals surface area contributed by atoms with Crippen molar-refractivity contribution < 1.29 is 23.4 Å². The first-order valence-corrected chi connectivity index (χ1v) is 8.16. The molecule has 1 N–H and O–H groups in total. The summed E-state index contributed by atoms with van der Waals surface area (Å²) in [7, 11) is 0. The van der Waals surface area contributed by atoms with Gasteiger partial charge >= 0.3 is 0 Å². The summed E-state index contributed by atoms with van der Waals surface area (Å²) in [6.07, 6.45) is 1.64. The molecule has 0 unspecified atom stereocenters. The highest BCUT2D eigenvalue weighted by molar-refractivity contribution is 9.10. The van der Waals surface area contributed by atoms with Crippen molar-refractivity contribution in [2.24, 2.45) is 0 Å². The number of aromatic hydroxyl groups is 1. The van der Waals surface area contributed by atoms with E-state index >= 15 is 0 Å². The minimum Gasteiger partial charge on any atom is -0.503 e. The molecule has 0 atom stereocenters. The monoisotopic (exact) mass is 395 g/mol. The maximum Gasteiger partial charge on any atom is 0.258 e. The first-order chi connectivity index (χ1) is 11.4. The standard InChI is InChI=1S/C17H12BrF2NO3/c18-10-1-2-13-14(7-10)24-17(3-4-17)8-21(13)16(23)9-5-11(19)15(22)12(20)6-9/h1-2,5-7,22H,3-4,8H2. The number of hydrogen-bond donors (Lipinski definition) is 1. The van der Waals surface area contributed by atoms with Crippen LogP contribution in [0.25, 0.3) is 0 Å². The van der Waals surface area contributed by atoms with Crippen molar-refractivity contribution in [1.82, 2.24) is 0 Å². The van der Waals surface area contributed by atoms with Crippen LogP contribution in [-0.4, -0.2) is 23.2 Å². The van der Waals surface area contributed by atoms with Crippen LogP contribution in [-0.2, 0) is 0 Å². The third kappa shape index (κ3) is 2.43. The van der Waals surface area contributed by atoms with Gasteiger partial charge < -0.3 is 14.7 Å². The summed E-state index contributed by atoms with van der Waals surface area (Å²) < 4.78 is 34.0. The van der Waals surface area contributed by atoms with Gasteiger partial charge in [-0.2, -0.15) is 0 Å². The summed E-state index contributed by atoms with van der Waals surface area (Å²) in [6.45, 7) is 0.324. The Labute approximate surface area is 144 Å². The van der Waals surface area contributed by atoms with Gasteiger partial charge in [0.2, 0.25) is 0 Å². The molecule has 2 aromatic rings. The van der Waals surface area contributed by atoms with Crippen molar-refractivity contribution in [3.05, 3.63) is 52.0 Å². The maximum atomic E-state index is 13.6. The second-order valence-corrected chi connectivity index (χ2v) is 6.99. The lowest BCUT2D eigenvalue weighted by atomic mass is 10.1. The molecule has 1 aliphatic heterocycles. The minimum atomic E-state index is -1.16. The second kappa shape index (κ2) is 5.17. The smallest absolute Gasteiger partial charge is 0.258 e. The van der Waals surface area contributed by atoms with E-state index in [1.807, 2.05) is 0 Å². The van der Waals surface area contributed by atoms with Crippen LogP contribution in [0.4, 0.5) is 14.5 Å². The van der Waals surface area contributed by atoms with Crippen LogP contribution in [0.1, 0.15) is 23.2 Å². The molecular weight excluding hydrogens is 384 g/mol. The van der Waals surface area contributed by atoms with Gasteiger partial charge in [-0.05, 0) is 43.2 Å². The number of anilines is 1. The Hall–Kier alpha value is -2.15. The van der Waals surface area contributed by atoms with Crippen LogP contribution in [0.15, 0.2) is 34.8 Å². The summed E-state index contributed by atoms with van der Waals surface area (Å²) in [4.78, 5) is 14.3. The topological polar surface area (TPSA) is 49.8 Å². The number of amides is 1. The number of carbonyl (C=O) groups is 1. The number of hydrogen-bond acceptors (Lipinski definition) is 3. The molecule has 1 fully saturated rings. The van der Waals surface area contributed by atoms with E-state index in [2.05, 4.69) is 15.9 Å². The Morgan fingerprint density at radius 2 is 1.88 bits per heavy atom. The van der Waals surface area contributed by atoms with E-state index in [1.54, 1.807) is 18.2 Å². The predicted octanol–water partition coefficient (Wildman–Crippen LogP) is 4.00. The highest BCUT2D eigenvalue weighted by atomic mass is 79.9. The molecule has 0 bridgehead atoms. The van der Waals surface area contributed by atoms with Gasteiger partial charge in [-0.25, -0.2) is 8.78 Å². The SMILES string of the molecule is O=C(c1cc(F)c(O)c(F)c1)N1CC2(CC2)Oc2cc(Br)ccc21. The van der Waals surface area contributed by atoms with Gasteiger partial charge in [0, 0.05) is 10.0 Å². The zero-order chi connectivity index (χ0) is 17.1. The van der Waals surface area contributed by atoms with Gasteiger partial charge in [0.05, 0.1) is 12.2 Å². The fraction of sp³-hybridized carbons (Fsp3) is 0.235. The Kier molecular flexibility index (Phi) is 3.32. The van der Waals surface area contributed by atoms with Crippen molar-refractivity contribution in [3.63, 3.8) is 0 Å². The summed E-state index contributed by atoms with van der Waals surface area (Å²) in [5.41, 5.74) is -0.0266. The normalized spacial score (nSPS) is 17.4. The lowest BCUT2D eigenvalue weighted by molar-refractivity contribution is 0.0942. The summed E-state index contributed by atoms with van der Waals surface area (Å²) in [6, 6.07) is 6.94. The lowest BCUT2D eigenvalue weighted by Crippen LogP contribution is -2.45. The van der Waals surface area contributed by atoms with E-state index < -0.39 is 28.9 Å². The summed E-state index contributed by atoms with van der Waals surface area (Å²) >= 11 is 3.37. The number of nitrogens with zero attached hydrogens (tertiary/aromatic N) is 1. The van der Waals surface area contributed by atoms with E-state index in [-0.39, 0.29) is 5.56 Å². The molecule has 1 heterocycles. The Balaban J connectivity index is 1.77. The van der Waals surface area contributed by atoms with Crippen molar-refractivity contribution in [2.45, 2.75) is 18.4 Å². The van der Waals surface area contributed by atoms with Gasteiger partial charge in [-0.15, -0.1) is 0 Å². The average Bonchev–Trinajstić information content (AvgIpc) is 3.28. The molecule has 0 radical (unpaired) electrons. The Bertz CT molecular complexity index is 844. The fourth-order valence-corrected chi connectivity index (χ4v) is 3.20. The van der Waals surface area contributed by atoms with Crippen LogP contribution < -0.4 is 9.64 Å². The van der Waals surface area contributed by atoms with Crippen LogP contribution in [0.5, 0.6) is 11.5 Å². The number of carbonyl (C=O) groups excluding carboxylic acids is 1. The van der Waals surface area contributed by atoms with Crippen LogP contribution in [0.2, 0.25) is 0 Å². The fourth-order valence-electron chi connectivity index (χ4n) is 2.86. The highest BCUT2D eigenvalue weighted by Crippen LogP contribution is 2.49. The van der Waals surface area contributed by atoms with E-state index in [0.29, 0.717) is 18.0 Å². The van der Waals surface area contributed by atoms with Gasteiger partial charge in [0.1, 0.15) is 11.4 Å². The zero-order valence-corrected chi connectivity index (χ0v) is 13.9. The van der Waals surface area contributed by atoms with Crippen molar-refractivity contribution in [1.29, 1.82) is 0 Å². The third-order valence-corrected chi connectivity index (χ3v) is 4.80. The number of rotatable bonds is 1. The largest absolute Gasteiger partial charge is 0.503 e. The number of halogens is 3. The molecule has 7 heteroatoms. The summed E-state index contributed by atoms with van der Waals surface area (Å²) in [5.74, 6) is -3.39. The molecule has 2 aliphatic rings. The van der Waals surface area contributed by atoms with Gasteiger partial charge in [0.25, 0.3) is 5.91 Å². The second-order valence-electron chi connectivity index (χ2n) is 6.08. The van der Waals surface area contributed by atoms with Crippen LogP contribution in [0, 0.1) is 11.6 Å². The van der Waals surface area contributed by atoms with E-state index in [1.165, 1.54) is 4.90 Å². The molecule has 4 rings (SSSR count). The van der Waals surface area contributed by atoms with E-state index in [0.717, 1.165) is 29.4 Å². The number of fused-ring (bicyclic) bond motifs is 1. The number of ether oxygens (including phenoxy) is 1. The van der Waals surface area contributed by atoms with E-state index in [9.17, 15) is 18.7 Å². The number of benzene rings is 2. The average molecular weight is 396 g/mol. The first-order valence-electron chi connectivity index (χ1n) is 7.37. The number of phenols is 1. The maximum absolute atomic E-state index is 13.6. The Morgan fingerprint density at radius 3 is 2.50 bits per heavy atom. The molecule has 2 aromatic carbocycles. The molecule has 4 nitrogen and oxygen atoms in total. The van der Waals surface area contributed by atoms with Gasteiger partial charge in [0.15, 0.2) is 17.4 Å². The first kappa shape index (κ1) is 15.4. The molecule has 1 saturated carbocycles. The molecule has 24 heavy (non-hydrogen) atoms. The molecule has 1 aliphatic carbocycles. The third-order valence-electron chi connectivity index (χ3n) is 4.30. The van der Waals surface area contributed by atoms with Crippen LogP contribution in [0.3, 0.4) is 0 Å². The van der Waals surface area contributed by atoms with Crippen molar-refractivity contribution in [3.8, 4) is 11.5 Å². The van der Waals surface area contributed by atoms with Crippen LogP contribution >= 0.6 is 15.9 Å². The Morgan fingerprint density at radius 1 is 1.21 bits per heavy atom. The molecule has 0 saturated heterocycles. The highest BCUT2D eigenvalue weighted by Gasteiger charge is 2.51. The molecular formula is C17H12BrF2NO3.